The van der Waals surface area contributed by atoms with E-state index in [4.69, 9.17) is 0 Å². The van der Waals surface area contributed by atoms with Crippen molar-refractivity contribution >= 4 is 0 Å². The summed E-state index contributed by atoms with van der Waals surface area (Å²) in [5, 5.41) is 3.58. The highest BCUT2D eigenvalue weighted by atomic mass is 15.3. The molecule has 94 valence electrons. The molecule has 2 aliphatic heterocycles. The molecule has 3 heteroatoms. The highest BCUT2D eigenvalue weighted by Crippen LogP contribution is 2.20. The number of piperidine rings is 1. The maximum Gasteiger partial charge on any atom is 0.0224 e. The highest BCUT2D eigenvalue weighted by molar-refractivity contribution is 4.88. The molecule has 2 rings (SSSR count). The van der Waals surface area contributed by atoms with Crippen molar-refractivity contribution in [3.8, 4) is 0 Å². The summed E-state index contributed by atoms with van der Waals surface area (Å²) in [4.78, 5) is 5.32. The number of hydrogen-bond donors (Lipinski definition) is 1. The lowest BCUT2D eigenvalue weighted by atomic mass is 10.0. The molecule has 0 saturated carbocycles. The van der Waals surface area contributed by atoms with E-state index in [9.17, 15) is 0 Å². The minimum atomic E-state index is 0.752. The fourth-order valence-electron chi connectivity index (χ4n) is 3.19. The zero-order chi connectivity index (χ0) is 11.4. The van der Waals surface area contributed by atoms with Crippen LogP contribution in [0.5, 0.6) is 0 Å². The van der Waals surface area contributed by atoms with Crippen LogP contribution in [-0.2, 0) is 0 Å². The molecule has 0 aromatic rings. The van der Waals surface area contributed by atoms with Gasteiger partial charge in [0, 0.05) is 31.7 Å². The molecule has 2 fully saturated rings. The summed E-state index contributed by atoms with van der Waals surface area (Å²) in [6.45, 7) is 12.0. The molecule has 2 unspecified atom stereocenters. The van der Waals surface area contributed by atoms with E-state index in [0.29, 0.717) is 0 Å². The van der Waals surface area contributed by atoms with Gasteiger partial charge in [-0.05, 0) is 38.9 Å². The molecule has 0 radical (unpaired) electrons. The second kappa shape index (κ2) is 5.99. The van der Waals surface area contributed by atoms with Crippen LogP contribution in [0.15, 0.2) is 0 Å². The smallest absolute Gasteiger partial charge is 0.0224 e. The summed E-state index contributed by atoms with van der Waals surface area (Å²) in [6, 6.07) is 1.58. The number of hydrogen-bond acceptors (Lipinski definition) is 3. The minimum Gasteiger partial charge on any atom is -0.313 e. The molecule has 2 aliphatic rings. The van der Waals surface area contributed by atoms with Crippen LogP contribution in [0.1, 0.15) is 33.1 Å². The van der Waals surface area contributed by atoms with Crippen LogP contribution in [0, 0.1) is 0 Å². The van der Waals surface area contributed by atoms with Gasteiger partial charge in [-0.2, -0.15) is 0 Å². The minimum absolute atomic E-state index is 0.752. The Kier molecular flexibility index (Phi) is 4.62. The van der Waals surface area contributed by atoms with E-state index in [0.717, 1.165) is 18.6 Å². The van der Waals surface area contributed by atoms with Crippen molar-refractivity contribution in [2.24, 2.45) is 0 Å². The van der Waals surface area contributed by atoms with E-state index in [2.05, 4.69) is 29.0 Å². The van der Waals surface area contributed by atoms with Crippen molar-refractivity contribution in [2.45, 2.75) is 45.2 Å². The van der Waals surface area contributed by atoms with Crippen LogP contribution in [0.2, 0.25) is 0 Å². The first-order chi connectivity index (χ1) is 7.83. The second-order valence-corrected chi connectivity index (χ2v) is 5.23. The van der Waals surface area contributed by atoms with Gasteiger partial charge in [0.2, 0.25) is 0 Å². The molecule has 0 aliphatic carbocycles. The first kappa shape index (κ1) is 12.3. The molecule has 0 bridgehead atoms. The lowest BCUT2D eigenvalue weighted by Gasteiger charge is -2.37. The maximum atomic E-state index is 3.58. The first-order valence-corrected chi connectivity index (χ1v) is 7.03. The molecule has 0 aromatic heterocycles. The Morgan fingerprint density at radius 3 is 2.75 bits per heavy atom. The predicted molar refractivity (Wildman–Crippen MR) is 68.8 cm³/mol. The normalized spacial score (nSPS) is 33.4. The van der Waals surface area contributed by atoms with Crippen LogP contribution in [0.3, 0.4) is 0 Å². The van der Waals surface area contributed by atoms with Crippen molar-refractivity contribution in [3.05, 3.63) is 0 Å². The second-order valence-electron chi connectivity index (χ2n) is 5.23. The van der Waals surface area contributed by atoms with Crippen LogP contribution in [-0.4, -0.2) is 61.2 Å². The molecule has 16 heavy (non-hydrogen) atoms. The SMILES string of the molecule is CCNC1CCN(C2CCCN(CC)C2)C1. The number of likely N-dealkylation sites (tertiary alicyclic amines) is 2. The van der Waals surface area contributed by atoms with Gasteiger partial charge in [0.1, 0.15) is 0 Å². The lowest BCUT2D eigenvalue weighted by molar-refractivity contribution is 0.117. The van der Waals surface area contributed by atoms with Crippen molar-refractivity contribution in [3.63, 3.8) is 0 Å². The van der Waals surface area contributed by atoms with Crippen molar-refractivity contribution in [2.75, 3.05) is 39.3 Å². The number of rotatable bonds is 4. The molecule has 0 amide bonds. The van der Waals surface area contributed by atoms with Crippen LogP contribution in [0.25, 0.3) is 0 Å². The van der Waals surface area contributed by atoms with Gasteiger partial charge in [-0.25, -0.2) is 0 Å². The van der Waals surface area contributed by atoms with Crippen molar-refractivity contribution in [1.82, 2.24) is 15.1 Å². The molecule has 2 heterocycles. The van der Waals surface area contributed by atoms with E-state index in [1.807, 2.05) is 0 Å². The Morgan fingerprint density at radius 1 is 1.12 bits per heavy atom. The zero-order valence-electron chi connectivity index (χ0n) is 10.9. The summed E-state index contributed by atoms with van der Waals surface area (Å²) in [6.07, 6.45) is 4.15. The molecular weight excluding hydrogens is 198 g/mol. The summed E-state index contributed by atoms with van der Waals surface area (Å²) >= 11 is 0. The average Bonchev–Trinajstić information content (AvgIpc) is 2.78. The summed E-state index contributed by atoms with van der Waals surface area (Å²) in [5.41, 5.74) is 0. The molecule has 0 spiro atoms. The van der Waals surface area contributed by atoms with E-state index in [-0.39, 0.29) is 0 Å². The Bertz CT molecular complexity index is 207. The first-order valence-electron chi connectivity index (χ1n) is 7.03. The fraction of sp³-hybridized carbons (Fsp3) is 1.00. The summed E-state index contributed by atoms with van der Waals surface area (Å²) < 4.78 is 0. The Hall–Kier alpha value is -0.120. The van der Waals surface area contributed by atoms with Gasteiger partial charge in [-0.3, -0.25) is 4.90 Å². The van der Waals surface area contributed by atoms with Crippen LogP contribution < -0.4 is 5.32 Å². The molecular formula is C13H27N3. The van der Waals surface area contributed by atoms with Crippen molar-refractivity contribution in [1.29, 1.82) is 0 Å². The molecule has 2 atom stereocenters. The Morgan fingerprint density at radius 2 is 2.00 bits per heavy atom. The highest BCUT2D eigenvalue weighted by Gasteiger charge is 2.30. The fourth-order valence-corrected chi connectivity index (χ4v) is 3.19. The monoisotopic (exact) mass is 225 g/mol. The van der Waals surface area contributed by atoms with E-state index in [1.54, 1.807) is 0 Å². The van der Waals surface area contributed by atoms with Gasteiger partial charge in [-0.15, -0.1) is 0 Å². The van der Waals surface area contributed by atoms with E-state index < -0.39 is 0 Å². The van der Waals surface area contributed by atoms with E-state index in [1.165, 1.54) is 52.0 Å². The van der Waals surface area contributed by atoms with Gasteiger partial charge < -0.3 is 10.2 Å². The third-order valence-electron chi connectivity index (χ3n) is 4.16. The molecule has 0 aromatic carbocycles. The number of nitrogens with zero attached hydrogens (tertiary/aromatic N) is 2. The molecule has 3 nitrogen and oxygen atoms in total. The average molecular weight is 225 g/mol. The lowest BCUT2D eigenvalue weighted by Crippen LogP contribution is -2.47. The third-order valence-corrected chi connectivity index (χ3v) is 4.16. The van der Waals surface area contributed by atoms with Gasteiger partial charge >= 0.3 is 0 Å². The molecule has 2 saturated heterocycles. The molecule has 1 N–H and O–H groups in total. The van der Waals surface area contributed by atoms with Gasteiger partial charge in [-0.1, -0.05) is 13.8 Å². The van der Waals surface area contributed by atoms with E-state index >= 15 is 0 Å². The van der Waals surface area contributed by atoms with Crippen LogP contribution >= 0.6 is 0 Å². The summed E-state index contributed by atoms with van der Waals surface area (Å²) in [7, 11) is 0. The largest absolute Gasteiger partial charge is 0.313 e. The number of likely N-dealkylation sites (N-methyl/N-ethyl adjacent to an activating group) is 2. The topological polar surface area (TPSA) is 18.5 Å². The maximum absolute atomic E-state index is 3.58. The van der Waals surface area contributed by atoms with Gasteiger partial charge in [0.15, 0.2) is 0 Å². The van der Waals surface area contributed by atoms with Crippen molar-refractivity contribution < 1.29 is 0 Å². The summed E-state index contributed by atoms with van der Waals surface area (Å²) in [5.74, 6) is 0. The predicted octanol–water partition coefficient (Wildman–Crippen LogP) is 1.15. The Labute approximate surface area is 100 Å². The number of nitrogens with one attached hydrogen (secondary N) is 1. The third kappa shape index (κ3) is 2.96. The standard InChI is InChI=1S/C13H27N3/c1-3-14-12-7-9-16(10-12)13-6-5-8-15(4-2)11-13/h12-14H,3-11H2,1-2H3. The van der Waals surface area contributed by atoms with Gasteiger partial charge in [0.05, 0.1) is 0 Å². The van der Waals surface area contributed by atoms with Gasteiger partial charge in [0.25, 0.3) is 0 Å². The van der Waals surface area contributed by atoms with Crippen LogP contribution in [0.4, 0.5) is 0 Å². The quantitative estimate of drug-likeness (QED) is 0.774. The zero-order valence-corrected chi connectivity index (χ0v) is 10.9. The Balaban J connectivity index is 1.79.